The summed E-state index contributed by atoms with van der Waals surface area (Å²) in [7, 11) is -3.69. The molecule has 0 radical (unpaired) electrons. The van der Waals surface area contributed by atoms with Crippen LogP contribution in [0.2, 0.25) is 0 Å². The summed E-state index contributed by atoms with van der Waals surface area (Å²) in [5.74, 6) is -0.214. The van der Waals surface area contributed by atoms with E-state index >= 15 is 0 Å². The van der Waals surface area contributed by atoms with Gasteiger partial charge in [0.25, 0.3) is 15.9 Å². The number of hydrogen-bond acceptors (Lipinski definition) is 6. The van der Waals surface area contributed by atoms with Gasteiger partial charge >= 0.3 is 0 Å². The number of carbonyl (C=O) groups excluding carboxylic acids is 1. The van der Waals surface area contributed by atoms with Crippen molar-refractivity contribution in [1.82, 2.24) is 4.98 Å². The second kappa shape index (κ2) is 7.53. The van der Waals surface area contributed by atoms with Gasteiger partial charge in [0.05, 0.1) is 31.9 Å². The van der Waals surface area contributed by atoms with Gasteiger partial charge in [-0.1, -0.05) is 18.2 Å². The normalized spacial score (nSPS) is 14.5. The first-order chi connectivity index (χ1) is 15.0. The summed E-state index contributed by atoms with van der Waals surface area (Å²) >= 11 is 1.51. The minimum Gasteiger partial charge on any atom is -0.361 e. The number of nitrogens with one attached hydrogen (secondary N) is 3. The van der Waals surface area contributed by atoms with Crippen LogP contribution in [0.5, 0.6) is 0 Å². The summed E-state index contributed by atoms with van der Waals surface area (Å²) in [5.41, 5.74) is 5.65. The number of hydrogen-bond donors (Lipinski definition) is 3. The van der Waals surface area contributed by atoms with Crippen LogP contribution in [0.15, 0.2) is 83.3 Å². The molecule has 0 saturated heterocycles. The predicted octanol–water partition coefficient (Wildman–Crippen LogP) is 4.50. The van der Waals surface area contributed by atoms with E-state index < -0.39 is 10.0 Å². The smallest absolute Gasteiger partial charge is 0.261 e. The molecule has 5 rings (SSSR count). The molecule has 7 nitrogen and oxygen atoms in total. The van der Waals surface area contributed by atoms with Gasteiger partial charge in [0.1, 0.15) is 0 Å². The van der Waals surface area contributed by atoms with Crippen LogP contribution in [0.25, 0.3) is 15.8 Å². The zero-order valence-corrected chi connectivity index (χ0v) is 17.6. The number of rotatable bonds is 5. The SMILES string of the molecule is O=C1Nc2ccc3scnc3c2/C1=C/Nc1ccc(S(=O)(=O)Nc2ccccc2)cc1. The number of para-hydroxylation sites is 1. The summed E-state index contributed by atoms with van der Waals surface area (Å²) in [5, 5.41) is 5.93. The van der Waals surface area contributed by atoms with Gasteiger partial charge in [-0.15, -0.1) is 11.3 Å². The maximum Gasteiger partial charge on any atom is 0.261 e. The molecule has 0 fully saturated rings. The summed E-state index contributed by atoms with van der Waals surface area (Å²) in [4.78, 5) is 17.0. The molecule has 9 heteroatoms. The average Bonchev–Trinajstić information content (AvgIpc) is 3.36. The van der Waals surface area contributed by atoms with Crippen molar-refractivity contribution in [3.05, 3.63) is 84.0 Å². The number of amides is 1. The van der Waals surface area contributed by atoms with Gasteiger partial charge in [0.2, 0.25) is 0 Å². The Kier molecular flexibility index (Phi) is 4.68. The van der Waals surface area contributed by atoms with E-state index in [2.05, 4.69) is 20.3 Å². The van der Waals surface area contributed by atoms with E-state index in [0.717, 1.165) is 21.5 Å². The summed E-state index contributed by atoms with van der Waals surface area (Å²) in [6, 6.07) is 18.8. The number of benzene rings is 3. The topological polar surface area (TPSA) is 100 Å². The molecule has 1 aromatic heterocycles. The van der Waals surface area contributed by atoms with Crippen LogP contribution in [0, 0.1) is 0 Å². The van der Waals surface area contributed by atoms with E-state index in [4.69, 9.17) is 0 Å². The van der Waals surface area contributed by atoms with Crippen LogP contribution < -0.4 is 15.4 Å². The van der Waals surface area contributed by atoms with E-state index in [9.17, 15) is 13.2 Å². The first-order valence-electron chi connectivity index (χ1n) is 9.34. The van der Waals surface area contributed by atoms with Gasteiger partial charge in [0.15, 0.2) is 0 Å². The van der Waals surface area contributed by atoms with Crippen LogP contribution in [-0.2, 0) is 14.8 Å². The number of fused-ring (bicyclic) bond motifs is 3. The lowest BCUT2D eigenvalue weighted by molar-refractivity contribution is -0.110. The molecule has 0 saturated carbocycles. The Morgan fingerprint density at radius 2 is 1.71 bits per heavy atom. The molecule has 1 aliphatic heterocycles. The lowest BCUT2D eigenvalue weighted by Crippen LogP contribution is -2.12. The molecule has 0 aliphatic carbocycles. The van der Waals surface area contributed by atoms with Crippen LogP contribution in [0.4, 0.5) is 17.1 Å². The van der Waals surface area contributed by atoms with Crippen molar-refractivity contribution in [2.75, 3.05) is 15.4 Å². The molecule has 1 aliphatic rings. The highest BCUT2D eigenvalue weighted by molar-refractivity contribution is 7.92. The highest BCUT2D eigenvalue weighted by Gasteiger charge is 2.27. The Morgan fingerprint density at radius 3 is 2.48 bits per heavy atom. The molecule has 2 heterocycles. The maximum atomic E-state index is 12.6. The van der Waals surface area contributed by atoms with Crippen LogP contribution in [0.3, 0.4) is 0 Å². The Balaban J connectivity index is 1.38. The Hall–Kier alpha value is -3.69. The third-order valence-corrected chi connectivity index (χ3v) is 7.03. The molecule has 1 amide bonds. The fraction of sp³-hybridized carbons (Fsp3) is 0. The van der Waals surface area contributed by atoms with Crippen LogP contribution in [0.1, 0.15) is 5.56 Å². The third-order valence-electron chi connectivity index (χ3n) is 4.84. The average molecular weight is 449 g/mol. The lowest BCUT2D eigenvalue weighted by Gasteiger charge is -2.09. The summed E-state index contributed by atoms with van der Waals surface area (Å²) in [6.07, 6.45) is 1.62. The molecular formula is C22H16N4O3S2. The van der Waals surface area contributed by atoms with Gasteiger partial charge in [-0.25, -0.2) is 13.4 Å². The van der Waals surface area contributed by atoms with Gasteiger partial charge in [-0.3, -0.25) is 9.52 Å². The number of nitrogens with zero attached hydrogens (tertiary/aromatic N) is 1. The molecule has 0 spiro atoms. The van der Waals surface area contributed by atoms with Crippen LogP contribution in [-0.4, -0.2) is 19.3 Å². The molecule has 4 aromatic rings. The van der Waals surface area contributed by atoms with Crippen molar-refractivity contribution >= 4 is 60.1 Å². The van der Waals surface area contributed by atoms with Crippen molar-refractivity contribution in [2.45, 2.75) is 4.90 Å². The highest BCUT2D eigenvalue weighted by atomic mass is 32.2. The standard InChI is InChI=1S/C22H16N4O3S2/c27-22-17(20-18(25-22)10-11-19-21(20)24-13-30-19)12-23-14-6-8-16(9-7-14)31(28,29)26-15-4-2-1-3-5-15/h1-13,23,26H,(H,25,27)/b17-12-. The molecule has 0 unspecified atom stereocenters. The molecule has 0 atom stereocenters. The molecule has 154 valence electrons. The maximum absolute atomic E-state index is 12.6. The lowest BCUT2D eigenvalue weighted by atomic mass is 10.1. The van der Waals surface area contributed by atoms with Gasteiger partial charge in [-0.2, -0.15) is 0 Å². The Labute approximate surface area is 182 Å². The van der Waals surface area contributed by atoms with Crippen molar-refractivity contribution in [1.29, 1.82) is 0 Å². The monoisotopic (exact) mass is 448 g/mol. The van der Waals surface area contributed by atoms with E-state index in [0.29, 0.717) is 16.9 Å². The Morgan fingerprint density at radius 1 is 0.935 bits per heavy atom. The number of thiazole rings is 1. The minimum absolute atomic E-state index is 0.141. The molecule has 3 N–H and O–H groups in total. The van der Waals surface area contributed by atoms with Crippen molar-refractivity contribution in [2.24, 2.45) is 0 Å². The summed E-state index contributed by atoms with van der Waals surface area (Å²) in [6.45, 7) is 0. The summed E-state index contributed by atoms with van der Waals surface area (Å²) < 4.78 is 28.7. The second-order valence-corrected chi connectivity index (χ2v) is 9.41. The zero-order valence-electron chi connectivity index (χ0n) is 16.0. The fourth-order valence-electron chi connectivity index (χ4n) is 3.35. The number of anilines is 3. The molecule has 0 bridgehead atoms. The quantitative estimate of drug-likeness (QED) is 0.390. The third kappa shape index (κ3) is 3.65. The van der Waals surface area contributed by atoms with E-state index in [-0.39, 0.29) is 10.8 Å². The van der Waals surface area contributed by atoms with E-state index in [1.807, 2.05) is 18.2 Å². The van der Waals surface area contributed by atoms with Gasteiger partial charge in [-0.05, 0) is 48.5 Å². The Bertz CT molecular complexity index is 1430. The van der Waals surface area contributed by atoms with Crippen molar-refractivity contribution < 1.29 is 13.2 Å². The minimum atomic E-state index is -3.69. The van der Waals surface area contributed by atoms with E-state index in [1.54, 1.807) is 48.1 Å². The molecular weight excluding hydrogens is 432 g/mol. The van der Waals surface area contributed by atoms with Crippen molar-refractivity contribution in [3.63, 3.8) is 0 Å². The largest absolute Gasteiger partial charge is 0.361 e. The van der Waals surface area contributed by atoms with Gasteiger partial charge < -0.3 is 10.6 Å². The zero-order chi connectivity index (χ0) is 21.4. The highest BCUT2D eigenvalue weighted by Crippen LogP contribution is 2.38. The molecule has 31 heavy (non-hydrogen) atoms. The second-order valence-electron chi connectivity index (χ2n) is 6.84. The number of aromatic nitrogens is 1. The van der Waals surface area contributed by atoms with E-state index in [1.165, 1.54) is 23.5 Å². The first kappa shape index (κ1) is 19.3. The predicted molar refractivity (Wildman–Crippen MR) is 124 cm³/mol. The first-order valence-corrected chi connectivity index (χ1v) is 11.7. The van der Waals surface area contributed by atoms with Crippen LogP contribution >= 0.6 is 11.3 Å². The number of sulfonamides is 1. The molecule has 3 aromatic carbocycles. The van der Waals surface area contributed by atoms with Gasteiger partial charge in [0, 0.05) is 23.1 Å². The number of carbonyl (C=O) groups is 1. The fourth-order valence-corrected chi connectivity index (χ4v) is 5.10. The van der Waals surface area contributed by atoms with Crippen molar-refractivity contribution in [3.8, 4) is 0 Å².